The third-order valence-electron chi connectivity index (χ3n) is 3.99. The molecule has 1 amide bonds. The van der Waals surface area contributed by atoms with Gasteiger partial charge in [-0.1, -0.05) is 12.1 Å². The van der Waals surface area contributed by atoms with E-state index in [4.69, 9.17) is 14.2 Å². The topological polar surface area (TPSA) is 133 Å². The van der Waals surface area contributed by atoms with Crippen molar-refractivity contribution in [2.24, 2.45) is 5.10 Å². The molecule has 2 aromatic rings. The maximum absolute atomic E-state index is 12.3. The van der Waals surface area contributed by atoms with E-state index in [9.17, 15) is 18.0 Å². The van der Waals surface area contributed by atoms with E-state index in [-0.39, 0.29) is 17.2 Å². The zero-order valence-corrected chi connectivity index (χ0v) is 18.7. The highest BCUT2D eigenvalue weighted by molar-refractivity contribution is 7.92. The van der Waals surface area contributed by atoms with Crippen LogP contribution in [0.15, 0.2) is 47.6 Å². The van der Waals surface area contributed by atoms with Crippen molar-refractivity contribution in [2.45, 2.75) is 0 Å². The molecule has 0 aromatic heterocycles. The van der Waals surface area contributed by atoms with E-state index >= 15 is 0 Å². The Morgan fingerprint density at radius 2 is 1.72 bits per heavy atom. The Morgan fingerprint density at radius 1 is 1.03 bits per heavy atom. The van der Waals surface area contributed by atoms with Gasteiger partial charge in [-0.25, -0.2) is 18.6 Å². The lowest BCUT2D eigenvalue weighted by atomic mass is 10.2. The Hall–Kier alpha value is -3.80. The summed E-state index contributed by atoms with van der Waals surface area (Å²) in [6.45, 7) is -0.508. The number of sulfonamides is 1. The first-order valence-electron chi connectivity index (χ1n) is 9.06. The number of hydrogen-bond donors (Lipinski definition) is 1. The second-order valence-corrected chi connectivity index (χ2v) is 8.11. The number of benzene rings is 2. The third kappa shape index (κ3) is 6.60. The molecule has 1 N–H and O–H groups in total. The molecule has 0 aliphatic carbocycles. The summed E-state index contributed by atoms with van der Waals surface area (Å²) in [5.74, 6) is 0.0111. The Kier molecular flexibility index (Phi) is 8.41. The summed E-state index contributed by atoms with van der Waals surface area (Å²) < 4.78 is 45.1. The molecule has 32 heavy (non-hydrogen) atoms. The fourth-order valence-corrected chi connectivity index (χ4v) is 3.40. The second-order valence-electron chi connectivity index (χ2n) is 6.20. The van der Waals surface area contributed by atoms with E-state index in [1.54, 1.807) is 24.3 Å². The van der Waals surface area contributed by atoms with Gasteiger partial charge in [-0.2, -0.15) is 5.10 Å². The van der Waals surface area contributed by atoms with E-state index in [0.717, 1.165) is 10.6 Å². The zero-order chi connectivity index (χ0) is 23.7. The number of hydrazone groups is 1. The number of nitrogens with one attached hydrogen (secondary N) is 1. The van der Waals surface area contributed by atoms with Crippen LogP contribution in [0.1, 0.15) is 5.56 Å². The highest BCUT2D eigenvalue weighted by atomic mass is 32.2. The summed E-state index contributed by atoms with van der Waals surface area (Å²) >= 11 is 0. The van der Waals surface area contributed by atoms with Crippen LogP contribution in [0.25, 0.3) is 0 Å². The Labute approximate surface area is 185 Å². The molecule has 0 bridgehead atoms. The number of carbonyl (C=O) groups is 2. The van der Waals surface area contributed by atoms with Crippen LogP contribution in [-0.4, -0.2) is 60.8 Å². The normalized spacial score (nSPS) is 11.0. The molecule has 0 aliphatic rings. The van der Waals surface area contributed by atoms with Gasteiger partial charge < -0.3 is 18.9 Å². The van der Waals surface area contributed by atoms with Crippen LogP contribution in [0, 0.1) is 0 Å². The maximum atomic E-state index is 12.3. The number of ether oxygens (including phenoxy) is 4. The van der Waals surface area contributed by atoms with Crippen LogP contribution in [0.3, 0.4) is 0 Å². The average Bonchev–Trinajstić information content (AvgIpc) is 2.77. The van der Waals surface area contributed by atoms with Gasteiger partial charge in [0.25, 0.3) is 5.91 Å². The van der Waals surface area contributed by atoms with Gasteiger partial charge in [0.05, 0.1) is 39.5 Å². The molecule has 0 heterocycles. The molecule has 0 radical (unpaired) electrons. The summed E-state index contributed by atoms with van der Waals surface area (Å²) in [5, 5.41) is 3.83. The minimum Gasteiger partial charge on any atom is -0.495 e. The van der Waals surface area contributed by atoms with Crippen molar-refractivity contribution in [3.05, 3.63) is 48.0 Å². The lowest BCUT2D eigenvalue weighted by molar-refractivity contribution is -0.119. The molecule has 0 spiro atoms. The van der Waals surface area contributed by atoms with Crippen molar-refractivity contribution < 1.29 is 37.0 Å². The van der Waals surface area contributed by atoms with Crippen LogP contribution < -0.4 is 23.9 Å². The van der Waals surface area contributed by atoms with Crippen molar-refractivity contribution in [3.8, 4) is 17.2 Å². The van der Waals surface area contributed by atoms with Gasteiger partial charge in [-0.15, -0.1) is 0 Å². The van der Waals surface area contributed by atoms with E-state index in [1.807, 2.05) is 0 Å². The molecule has 2 rings (SSSR count). The highest BCUT2D eigenvalue weighted by Crippen LogP contribution is 2.29. The molecule has 172 valence electrons. The number of methoxy groups -OCH3 is 3. The fraction of sp³-hybridized carbons (Fsp3) is 0.250. The lowest BCUT2D eigenvalue weighted by Crippen LogP contribution is -2.39. The predicted molar refractivity (Wildman–Crippen MR) is 117 cm³/mol. The zero-order valence-electron chi connectivity index (χ0n) is 17.9. The fourth-order valence-electron chi connectivity index (χ4n) is 2.54. The summed E-state index contributed by atoms with van der Waals surface area (Å²) in [4.78, 5) is 23.6. The Bertz CT molecular complexity index is 1100. The third-order valence-corrected chi connectivity index (χ3v) is 5.12. The Balaban J connectivity index is 2.11. The molecule has 11 nitrogen and oxygen atoms in total. The summed E-state index contributed by atoms with van der Waals surface area (Å²) in [6, 6.07) is 11.0. The van der Waals surface area contributed by atoms with Gasteiger partial charge in [0.2, 0.25) is 10.0 Å². The number of carbonyl (C=O) groups excluding carboxylic acids is 2. The van der Waals surface area contributed by atoms with Crippen LogP contribution in [-0.2, 0) is 19.6 Å². The average molecular weight is 465 g/mol. The highest BCUT2D eigenvalue weighted by Gasteiger charge is 2.23. The van der Waals surface area contributed by atoms with Crippen molar-refractivity contribution >= 4 is 34.0 Å². The van der Waals surface area contributed by atoms with E-state index < -0.39 is 28.6 Å². The molecule has 0 unspecified atom stereocenters. The maximum Gasteiger partial charge on any atom is 0.513 e. The SMILES string of the molecule is COC(=O)Oc1ccc(/C=N/NC(=O)CN(c2ccccc2OC)S(C)(=O)=O)cc1OC. The van der Waals surface area contributed by atoms with Gasteiger partial charge in [-0.3, -0.25) is 9.10 Å². The number of rotatable bonds is 9. The molecule has 2 aromatic carbocycles. The van der Waals surface area contributed by atoms with Gasteiger partial charge in [-0.05, 0) is 35.9 Å². The van der Waals surface area contributed by atoms with Gasteiger partial charge in [0.15, 0.2) is 11.5 Å². The predicted octanol–water partition coefficient (Wildman–Crippen LogP) is 1.77. The first-order chi connectivity index (χ1) is 15.2. The molecular formula is C20H23N3O8S. The lowest BCUT2D eigenvalue weighted by Gasteiger charge is -2.23. The molecule has 0 atom stereocenters. The first kappa shape index (κ1) is 24.5. The van der Waals surface area contributed by atoms with Crippen LogP contribution in [0.4, 0.5) is 10.5 Å². The summed E-state index contributed by atoms with van der Waals surface area (Å²) in [7, 11) is 0.192. The van der Waals surface area contributed by atoms with Crippen molar-refractivity contribution in [1.29, 1.82) is 0 Å². The van der Waals surface area contributed by atoms with E-state index in [0.29, 0.717) is 11.3 Å². The van der Waals surface area contributed by atoms with Crippen LogP contribution >= 0.6 is 0 Å². The van der Waals surface area contributed by atoms with E-state index in [2.05, 4.69) is 15.3 Å². The van der Waals surface area contributed by atoms with Crippen LogP contribution in [0.5, 0.6) is 17.2 Å². The minimum atomic E-state index is -3.78. The van der Waals surface area contributed by atoms with Gasteiger partial charge >= 0.3 is 6.16 Å². The monoisotopic (exact) mass is 465 g/mol. The number of para-hydroxylation sites is 2. The Morgan fingerprint density at radius 3 is 2.34 bits per heavy atom. The van der Waals surface area contributed by atoms with Crippen molar-refractivity contribution in [3.63, 3.8) is 0 Å². The van der Waals surface area contributed by atoms with Crippen molar-refractivity contribution in [1.82, 2.24) is 5.43 Å². The second kappa shape index (κ2) is 11.0. The smallest absolute Gasteiger partial charge is 0.495 e. The number of hydrogen-bond acceptors (Lipinski definition) is 9. The molecule has 12 heteroatoms. The van der Waals surface area contributed by atoms with Crippen molar-refractivity contribution in [2.75, 3.05) is 38.4 Å². The van der Waals surface area contributed by atoms with Gasteiger partial charge in [0.1, 0.15) is 12.3 Å². The molecule has 0 aliphatic heterocycles. The first-order valence-corrected chi connectivity index (χ1v) is 10.9. The van der Waals surface area contributed by atoms with Crippen LogP contribution in [0.2, 0.25) is 0 Å². The molecular weight excluding hydrogens is 442 g/mol. The number of nitrogens with zero attached hydrogens (tertiary/aromatic N) is 2. The minimum absolute atomic E-state index is 0.140. The molecule has 0 saturated carbocycles. The quantitative estimate of drug-likeness (QED) is 0.256. The number of anilines is 1. The standard InChI is InChI=1S/C20H23N3O8S/c1-28-16-8-6-5-7-15(16)23(32(4,26)27)13-19(24)22-21-12-14-9-10-17(18(11-14)29-2)31-20(25)30-3/h5-12H,13H2,1-4H3,(H,22,24)/b21-12+. The summed E-state index contributed by atoms with van der Waals surface area (Å²) in [6.07, 6.45) is 1.40. The largest absolute Gasteiger partial charge is 0.513 e. The van der Waals surface area contributed by atoms with E-state index in [1.165, 1.54) is 45.7 Å². The molecule has 0 fully saturated rings. The number of amides is 1. The summed E-state index contributed by atoms with van der Waals surface area (Å²) in [5.41, 5.74) is 3.01. The van der Waals surface area contributed by atoms with Gasteiger partial charge in [0, 0.05) is 0 Å². The molecule has 0 saturated heterocycles.